The van der Waals surface area contributed by atoms with Crippen molar-refractivity contribution < 1.29 is 18.8 Å². The number of imide groups is 2. The highest BCUT2D eigenvalue weighted by Gasteiger charge is 2.45. The van der Waals surface area contributed by atoms with Crippen molar-refractivity contribution >= 4 is 35.3 Å². The zero-order valence-electron chi connectivity index (χ0n) is 14.4. The summed E-state index contributed by atoms with van der Waals surface area (Å²) in [5.41, 5.74) is 2.18. The Kier molecular flexibility index (Phi) is 5.08. The molecule has 134 valence electrons. The summed E-state index contributed by atoms with van der Waals surface area (Å²) >= 11 is 1.38. The van der Waals surface area contributed by atoms with E-state index in [2.05, 4.69) is 0 Å². The molecule has 0 bridgehead atoms. The van der Waals surface area contributed by atoms with E-state index in [-0.39, 0.29) is 12.4 Å². The first kappa shape index (κ1) is 18.1. The van der Waals surface area contributed by atoms with Crippen LogP contribution >= 0.6 is 11.8 Å². The van der Waals surface area contributed by atoms with Crippen LogP contribution in [0.2, 0.25) is 0 Å². The van der Waals surface area contributed by atoms with Crippen LogP contribution in [-0.4, -0.2) is 35.0 Å². The summed E-state index contributed by atoms with van der Waals surface area (Å²) in [5.74, 6) is -1.57. The Balaban J connectivity index is 1.71. The Hall–Kier alpha value is -2.67. The number of nitrogens with zero attached hydrogens (tertiary/aromatic N) is 2. The van der Waals surface area contributed by atoms with Gasteiger partial charge in [-0.3, -0.25) is 14.5 Å². The zero-order valence-corrected chi connectivity index (χ0v) is 15.2. The predicted octanol–water partition coefficient (Wildman–Crippen LogP) is 3.53. The molecule has 2 aromatic rings. The first-order valence-electron chi connectivity index (χ1n) is 8.04. The molecule has 0 spiro atoms. The van der Waals surface area contributed by atoms with E-state index in [1.807, 2.05) is 13.0 Å². The van der Waals surface area contributed by atoms with Crippen LogP contribution in [0.1, 0.15) is 11.1 Å². The van der Waals surface area contributed by atoms with E-state index in [1.165, 1.54) is 23.9 Å². The molecule has 1 saturated heterocycles. The predicted molar refractivity (Wildman–Crippen MR) is 97.6 cm³/mol. The van der Waals surface area contributed by atoms with Crippen LogP contribution in [-0.2, 0) is 9.59 Å². The lowest BCUT2D eigenvalue weighted by molar-refractivity contribution is -0.139. The average Bonchev–Trinajstić information content (AvgIpc) is 2.81. The standard InChI is InChI=1S/C19H17FN2O3S/c1-12-3-8-16(13(2)11-12)22-18(24)17(23)21(19(22)25)9-10-26-15-6-4-14(20)5-7-15/h3-8,11H,9-10H2,1-2H3. The van der Waals surface area contributed by atoms with Crippen LogP contribution in [0.25, 0.3) is 0 Å². The molecule has 0 unspecified atom stereocenters. The highest BCUT2D eigenvalue weighted by molar-refractivity contribution is 7.99. The van der Waals surface area contributed by atoms with Crippen LogP contribution in [0.3, 0.4) is 0 Å². The van der Waals surface area contributed by atoms with Crippen LogP contribution in [0.5, 0.6) is 0 Å². The SMILES string of the molecule is Cc1ccc(N2C(=O)C(=O)N(CCSc3ccc(F)cc3)C2=O)c(C)c1. The summed E-state index contributed by atoms with van der Waals surface area (Å²) < 4.78 is 12.9. The van der Waals surface area contributed by atoms with Crippen molar-refractivity contribution in [2.45, 2.75) is 18.7 Å². The van der Waals surface area contributed by atoms with Crippen molar-refractivity contribution in [3.63, 3.8) is 0 Å². The number of urea groups is 1. The third kappa shape index (κ3) is 3.48. The first-order chi connectivity index (χ1) is 12.4. The molecule has 1 aliphatic heterocycles. The summed E-state index contributed by atoms with van der Waals surface area (Å²) in [5, 5.41) is 0. The molecule has 7 heteroatoms. The van der Waals surface area contributed by atoms with Gasteiger partial charge in [0, 0.05) is 17.2 Å². The van der Waals surface area contributed by atoms with E-state index < -0.39 is 17.8 Å². The molecule has 0 atom stereocenters. The number of carbonyl (C=O) groups excluding carboxylic acids is 3. The van der Waals surface area contributed by atoms with E-state index in [4.69, 9.17) is 0 Å². The Bertz CT molecular complexity index is 883. The Morgan fingerprint density at radius 1 is 0.962 bits per heavy atom. The fraction of sp³-hybridized carbons (Fsp3) is 0.211. The molecule has 0 aliphatic carbocycles. The van der Waals surface area contributed by atoms with Crippen molar-refractivity contribution in [1.82, 2.24) is 4.90 Å². The maximum atomic E-state index is 12.9. The minimum absolute atomic E-state index is 0.104. The number of carbonyl (C=O) groups is 3. The monoisotopic (exact) mass is 372 g/mol. The summed E-state index contributed by atoms with van der Waals surface area (Å²) in [6.07, 6.45) is 0. The maximum Gasteiger partial charge on any atom is 0.338 e. The van der Waals surface area contributed by atoms with Gasteiger partial charge in [-0.15, -0.1) is 11.8 Å². The van der Waals surface area contributed by atoms with Crippen molar-refractivity contribution in [3.8, 4) is 0 Å². The molecule has 4 amide bonds. The van der Waals surface area contributed by atoms with E-state index in [0.29, 0.717) is 11.4 Å². The van der Waals surface area contributed by atoms with Crippen molar-refractivity contribution in [2.75, 3.05) is 17.2 Å². The lowest BCUT2D eigenvalue weighted by Crippen LogP contribution is -2.35. The highest BCUT2D eigenvalue weighted by Crippen LogP contribution is 2.27. The van der Waals surface area contributed by atoms with E-state index >= 15 is 0 Å². The van der Waals surface area contributed by atoms with Gasteiger partial charge in [0.15, 0.2) is 0 Å². The number of thioether (sulfide) groups is 1. The molecule has 5 nitrogen and oxygen atoms in total. The number of benzene rings is 2. The van der Waals surface area contributed by atoms with Crippen LogP contribution in [0.15, 0.2) is 47.4 Å². The highest BCUT2D eigenvalue weighted by atomic mass is 32.2. The first-order valence-corrected chi connectivity index (χ1v) is 9.02. The smallest absolute Gasteiger partial charge is 0.263 e. The van der Waals surface area contributed by atoms with E-state index in [0.717, 1.165) is 25.8 Å². The molecule has 1 heterocycles. The largest absolute Gasteiger partial charge is 0.338 e. The van der Waals surface area contributed by atoms with Gasteiger partial charge >= 0.3 is 17.8 Å². The Labute approximate surface area is 154 Å². The van der Waals surface area contributed by atoms with Gasteiger partial charge in [0.2, 0.25) is 0 Å². The quantitative estimate of drug-likeness (QED) is 0.458. The molecular weight excluding hydrogens is 355 g/mol. The molecule has 0 N–H and O–H groups in total. The number of hydrogen-bond donors (Lipinski definition) is 0. The van der Waals surface area contributed by atoms with Gasteiger partial charge in [-0.05, 0) is 49.7 Å². The topological polar surface area (TPSA) is 57.7 Å². The molecule has 3 rings (SSSR count). The van der Waals surface area contributed by atoms with Crippen LogP contribution in [0, 0.1) is 19.7 Å². The van der Waals surface area contributed by atoms with Gasteiger partial charge in [0.05, 0.1) is 5.69 Å². The lowest BCUT2D eigenvalue weighted by Gasteiger charge is -2.17. The third-order valence-corrected chi connectivity index (χ3v) is 5.04. The number of aryl methyl sites for hydroxylation is 2. The minimum atomic E-state index is -0.839. The zero-order chi connectivity index (χ0) is 18.8. The number of anilines is 1. The van der Waals surface area contributed by atoms with Crippen LogP contribution < -0.4 is 4.90 Å². The van der Waals surface area contributed by atoms with Crippen molar-refractivity contribution in [1.29, 1.82) is 0 Å². The second-order valence-corrected chi connectivity index (χ2v) is 7.14. The number of halogens is 1. The Morgan fingerprint density at radius 2 is 1.65 bits per heavy atom. The van der Waals surface area contributed by atoms with E-state index in [9.17, 15) is 18.8 Å². The number of hydrogen-bond acceptors (Lipinski definition) is 4. The maximum absolute atomic E-state index is 12.9. The molecule has 2 aromatic carbocycles. The van der Waals surface area contributed by atoms with Gasteiger partial charge < -0.3 is 0 Å². The summed E-state index contributed by atoms with van der Waals surface area (Å²) in [4.78, 5) is 39.8. The van der Waals surface area contributed by atoms with Gasteiger partial charge in [0.1, 0.15) is 5.82 Å². The van der Waals surface area contributed by atoms with Gasteiger partial charge in [-0.25, -0.2) is 14.1 Å². The van der Waals surface area contributed by atoms with Gasteiger partial charge in [-0.2, -0.15) is 0 Å². The van der Waals surface area contributed by atoms with Crippen molar-refractivity contribution in [3.05, 3.63) is 59.4 Å². The summed E-state index contributed by atoms with van der Waals surface area (Å²) in [6, 6.07) is 10.6. The fourth-order valence-corrected chi connectivity index (χ4v) is 3.60. The molecular formula is C19H17FN2O3S. The number of rotatable bonds is 5. The van der Waals surface area contributed by atoms with Gasteiger partial charge in [-0.1, -0.05) is 17.7 Å². The molecule has 26 heavy (non-hydrogen) atoms. The molecule has 1 fully saturated rings. The lowest BCUT2D eigenvalue weighted by atomic mass is 10.1. The minimum Gasteiger partial charge on any atom is -0.263 e. The molecule has 0 aromatic heterocycles. The molecule has 0 radical (unpaired) electrons. The normalized spacial score (nSPS) is 14.5. The average molecular weight is 372 g/mol. The second-order valence-electron chi connectivity index (χ2n) is 5.97. The molecule has 1 aliphatic rings. The Morgan fingerprint density at radius 3 is 2.31 bits per heavy atom. The second kappa shape index (κ2) is 7.29. The van der Waals surface area contributed by atoms with E-state index in [1.54, 1.807) is 31.2 Å². The van der Waals surface area contributed by atoms with Crippen LogP contribution in [0.4, 0.5) is 14.9 Å². The number of amides is 4. The van der Waals surface area contributed by atoms with Gasteiger partial charge in [0.25, 0.3) is 0 Å². The summed E-state index contributed by atoms with van der Waals surface area (Å²) in [6.45, 7) is 3.81. The molecule has 0 saturated carbocycles. The van der Waals surface area contributed by atoms with Crippen molar-refractivity contribution in [2.24, 2.45) is 0 Å². The summed E-state index contributed by atoms with van der Waals surface area (Å²) in [7, 11) is 0. The third-order valence-electron chi connectivity index (χ3n) is 4.04. The fourth-order valence-electron chi connectivity index (χ4n) is 2.76.